The topological polar surface area (TPSA) is 43.4 Å². The van der Waals surface area contributed by atoms with Gasteiger partial charge in [-0.15, -0.1) is 11.3 Å². The summed E-state index contributed by atoms with van der Waals surface area (Å²) in [7, 11) is 1.38. The van der Waals surface area contributed by atoms with Crippen LogP contribution in [0.3, 0.4) is 0 Å². The molecule has 0 aliphatic carbocycles. The van der Waals surface area contributed by atoms with Gasteiger partial charge in [-0.1, -0.05) is 0 Å². The first-order valence-corrected chi connectivity index (χ1v) is 5.70. The number of methoxy groups -OCH3 is 1. The van der Waals surface area contributed by atoms with Gasteiger partial charge in [0.1, 0.15) is 11.2 Å². The Bertz CT molecular complexity index is 330. The van der Waals surface area contributed by atoms with Gasteiger partial charge in [-0.25, -0.2) is 4.79 Å². The van der Waals surface area contributed by atoms with Crippen molar-refractivity contribution in [1.29, 1.82) is 0 Å². The number of aldehydes is 1. The maximum absolute atomic E-state index is 11.1. The normalized spacial score (nSPS) is 9.93. The molecule has 0 aliphatic heterocycles. The van der Waals surface area contributed by atoms with Crippen LogP contribution in [0.15, 0.2) is 12.1 Å². The van der Waals surface area contributed by atoms with Gasteiger partial charge in [0.05, 0.1) is 7.11 Å². The molecule has 1 aromatic heterocycles. The van der Waals surface area contributed by atoms with Crippen LogP contribution in [0.4, 0.5) is 0 Å². The maximum atomic E-state index is 11.1. The molecule has 0 aromatic carbocycles. The Morgan fingerprint density at radius 3 is 2.93 bits per heavy atom. The molecule has 0 fully saturated rings. The van der Waals surface area contributed by atoms with E-state index in [2.05, 4.69) is 4.74 Å². The molecule has 0 aliphatic rings. The number of rotatable bonds is 6. The molecule has 0 atom stereocenters. The van der Waals surface area contributed by atoms with Crippen molar-refractivity contribution in [1.82, 2.24) is 0 Å². The van der Waals surface area contributed by atoms with E-state index >= 15 is 0 Å². The highest BCUT2D eigenvalue weighted by Gasteiger charge is 2.08. The molecular weight excluding hydrogens is 212 g/mol. The van der Waals surface area contributed by atoms with Gasteiger partial charge in [0.25, 0.3) is 0 Å². The number of thiophene rings is 1. The number of unbranched alkanes of at least 4 members (excludes halogenated alkanes) is 2. The van der Waals surface area contributed by atoms with Crippen molar-refractivity contribution in [3.05, 3.63) is 21.9 Å². The molecule has 0 spiro atoms. The SMILES string of the molecule is COC(=O)c1ccc(CCCCC=O)s1. The quantitative estimate of drug-likeness (QED) is 0.425. The molecule has 82 valence electrons. The summed E-state index contributed by atoms with van der Waals surface area (Å²) >= 11 is 1.46. The van der Waals surface area contributed by atoms with E-state index in [1.165, 1.54) is 23.3 Å². The Morgan fingerprint density at radius 2 is 2.27 bits per heavy atom. The first-order chi connectivity index (χ1) is 7.27. The fourth-order valence-electron chi connectivity index (χ4n) is 1.25. The molecule has 4 heteroatoms. The highest BCUT2D eigenvalue weighted by Crippen LogP contribution is 2.19. The average molecular weight is 226 g/mol. The van der Waals surface area contributed by atoms with Crippen LogP contribution in [0, 0.1) is 0 Å². The summed E-state index contributed by atoms with van der Waals surface area (Å²) in [5.41, 5.74) is 0. The van der Waals surface area contributed by atoms with Crippen molar-refractivity contribution in [2.45, 2.75) is 25.7 Å². The fraction of sp³-hybridized carbons (Fsp3) is 0.455. The van der Waals surface area contributed by atoms with E-state index in [9.17, 15) is 9.59 Å². The number of hydrogen-bond acceptors (Lipinski definition) is 4. The van der Waals surface area contributed by atoms with Crippen molar-refractivity contribution in [2.75, 3.05) is 7.11 Å². The summed E-state index contributed by atoms with van der Waals surface area (Å²) in [4.78, 5) is 23.0. The van der Waals surface area contributed by atoms with E-state index in [0.717, 1.165) is 25.5 Å². The standard InChI is InChI=1S/C11H14O3S/c1-14-11(13)10-7-6-9(15-10)5-3-2-4-8-12/h6-8H,2-5H2,1H3. The van der Waals surface area contributed by atoms with Crippen LogP contribution in [-0.2, 0) is 16.0 Å². The smallest absolute Gasteiger partial charge is 0.348 e. The van der Waals surface area contributed by atoms with E-state index in [0.29, 0.717) is 11.3 Å². The van der Waals surface area contributed by atoms with Crippen LogP contribution < -0.4 is 0 Å². The Hall–Kier alpha value is -1.16. The zero-order chi connectivity index (χ0) is 11.1. The van der Waals surface area contributed by atoms with Crippen LogP contribution in [0.2, 0.25) is 0 Å². The lowest BCUT2D eigenvalue weighted by molar-refractivity contribution is -0.107. The number of hydrogen-bond donors (Lipinski definition) is 0. The van der Waals surface area contributed by atoms with Crippen molar-refractivity contribution in [3.63, 3.8) is 0 Å². The highest BCUT2D eigenvalue weighted by atomic mass is 32.1. The zero-order valence-corrected chi connectivity index (χ0v) is 9.51. The van der Waals surface area contributed by atoms with Gasteiger partial charge in [0, 0.05) is 11.3 Å². The van der Waals surface area contributed by atoms with E-state index < -0.39 is 0 Å². The Balaban J connectivity index is 2.39. The van der Waals surface area contributed by atoms with Gasteiger partial charge in [0.2, 0.25) is 0 Å². The molecule has 0 bridgehead atoms. The second-order valence-corrected chi connectivity index (χ2v) is 4.34. The van der Waals surface area contributed by atoms with E-state index in [1.807, 2.05) is 6.07 Å². The lowest BCUT2D eigenvalue weighted by Gasteiger charge is -1.95. The summed E-state index contributed by atoms with van der Waals surface area (Å²) < 4.78 is 4.62. The molecule has 0 saturated carbocycles. The van der Waals surface area contributed by atoms with E-state index in [-0.39, 0.29) is 5.97 Å². The van der Waals surface area contributed by atoms with Crippen molar-refractivity contribution >= 4 is 23.6 Å². The monoisotopic (exact) mass is 226 g/mol. The zero-order valence-electron chi connectivity index (χ0n) is 8.69. The summed E-state index contributed by atoms with van der Waals surface area (Å²) in [6.45, 7) is 0. The summed E-state index contributed by atoms with van der Waals surface area (Å²) in [5, 5.41) is 0. The van der Waals surface area contributed by atoms with Crippen molar-refractivity contribution < 1.29 is 14.3 Å². The van der Waals surface area contributed by atoms with Gasteiger partial charge in [0.15, 0.2) is 0 Å². The van der Waals surface area contributed by atoms with Crippen molar-refractivity contribution in [3.8, 4) is 0 Å². The molecule has 0 saturated heterocycles. The van der Waals surface area contributed by atoms with Crippen LogP contribution in [-0.4, -0.2) is 19.4 Å². The Labute approximate surface area is 93.1 Å². The Morgan fingerprint density at radius 1 is 1.47 bits per heavy atom. The number of ether oxygens (including phenoxy) is 1. The summed E-state index contributed by atoms with van der Waals surface area (Å²) in [6.07, 6.45) is 4.38. The molecule has 0 unspecified atom stereocenters. The fourth-order valence-corrected chi connectivity index (χ4v) is 2.22. The second kappa shape index (κ2) is 6.35. The molecule has 1 aromatic rings. The maximum Gasteiger partial charge on any atom is 0.348 e. The lowest BCUT2D eigenvalue weighted by atomic mass is 10.2. The Kier molecular flexibility index (Phi) is 5.04. The number of carbonyl (C=O) groups excluding carboxylic acids is 2. The third-order valence-corrected chi connectivity index (χ3v) is 3.17. The van der Waals surface area contributed by atoms with Gasteiger partial charge >= 0.3 is 5.97 Å². The minimum Gasteiger partial charge on any atom is -0.465 e. The molecule has 0 amide bonds. The van der Waals surface area contributed by atoms with Crippen LogP contribution in [0.1, 0.15) is 33.8 Å². The second-order valence-electron chi connectivity index (χ2n) is 3.17. The predicted molar refractivity (Wildman–Crippen MR) is 59.3 cm³/mol. The third-order valence-electron chi connectivity index (χ3n) is 2.04. The molecule has 0 radical (unpaired) electrons. The van der Waals surface area contributed by atoms with Crippen LogP contribution in [0.5, 0.6) is 0 Å². The van der Waals surface area contributed by atoms with Gasteiger partial charge in [-0.05, 0) is 31.4 Å². The summed E-state index contributed by atoms with van der Waals surface area (Å²) in [6, 6.07) is 3.73. The predicted octanol–water partition coefficient (Wildman–Crippen LogP) is 2.45. The first kappa shape index (κ1) is 11.9. The molecule has 0 N–H and O–H groups in total. The van der Waals surface area contributed by atoms with Crippen LogP contribution in [0.25, 0.3) is 0 Å². The molecule has 3 nitrogen and oxygen atoms in total. The molecule has 1 rings (SSSR count). The van der Waals surface area contributed by atoms with Crippen molar-refractivity contribution in [2.24, 2.45) is 0 Å². The first-order valence-electron chi connectivity index (χ1n) is 4.88. The number of carbonyl (C=O) groups is 2. The minimum atomic E-state index is -0.279. The number of esters is 1. The molecule has 1 heterocycles. The van der Waals surface area contributed by atoms with E-state index in [4.69, 9.17) is 0 Å². The number of aryl methyl sites for hydroxylation is 1. The van der Waals surface area contributed by atoms with E-state index in [1.54, 1.807) is 6.07 Å². The van der Waals surface area contributed by atoms with Crippen LogP contribution >= 0.6 is 11.3 Å². The average Bonchev–Trinajstić information content (AvgIpc) is 2.72. The molecular formula is C11H14O3S. The third kappa shape index (κ3) is 3.83. The van der Waals surface area contributed by atoms with Gasteiger partial charge in [-0.2, -0.15) is 0 Å². The summed E-state index contributed by atoms with van der Waals surface area (Å²) in [5.74, 6) is -0.279. The molecule has 15 heavy (non-hydrogen) atoms. The van der Waals surface area contributed by atoms with Gasteiger partial charge in [-0.3, -0.25) is 0 Å². The highest BCUT2D eigenvalue weighted by molar-refractivity contribution is 7.13. The lowest BCUT2D eigenvalue weighted by Crippen LogP contribution is -1.96. The largest absolute Gasteiger partial charge is 0.465 e. The minimum absolute atomic E-state index is 0.279. The van der Waals surface area contributed by atoms with Gasteiger partial charge < -0.3 is 9.53 Å².